The molecule has 2 aromatic carbocycles. The Balaban J connectivity index is 1.46. The molecule has 0 saturated carbocycles. The van der Waals surface area contributed by atoms with Gasteiger partial charge in [0, 0.05) is 5.38 Å². The summed E-state index contributed by atoms with van der Waals surface area (Å²) in [4.78, 5) is 28.2. The highest BCUT2D eigenvalue weighted by Crippen LogP contribution is 2.31. The number of hydrogen-bond acceptors (Lipinski definition) is 6. The van der Waals surface area contributed by atoms with Gasteiger partial charge in [0.2, 0.25) is 5.91 Å². The second-order valence-electron chi connectivity index (χ2n) is 5.94. The zero-order chi connectivity index (χ0) is 19.8. The number of carbonyl (C=O) groups excluding carboxylic acids is 2. The average molecular weight is 396 g/mol. The lowest BCUT2D eigenvalue weighted by Gasteiger charge is -2.06. The van der Waals surface area contributed by atoms with E-state index in [0.29, 0.717) is 5.69 Å². The third-order valence-corrected chi connectivity index (χ3v) is 4.83. The first-order valence-electron chi connectivity index (χ1n) is 8.69. The van der Waals surface area contributed by atoms with Gasteiger partial charge < -0.3 is 14.8 Å². The lowest BCUT2D eigenvalue weighted by molar-refractivity contribution is -0.145. The van der Waals surface area contributed by atoms with E-state index < -0.39 is 5.97 Å². The number of aromatic nitrogens is 1. The number of nitrogens with zero attached hydrogens (tertiary/aromatic N) is 1. The van der Waals surface area contributed by atoms with Gasteiger partial charge in [-0.3, -0.25) is 9.59 Å². The van der Waals surface area contributed by atoms with Crippen LogP contribution in [0.15, 0.2) is 60.0 Å². The third kappa shape index (κ3) is 5.40. The molecule has 144 valence electrons. The quantitative estimate of drug-likeness (QED) is 0.592. The molecular formula is C21H20N2O4S. The van der Waals surface area contributed by atoms with Gasteiger partial charge in [-0.25, -0.2) is 4.98 Å². The molecule has 1 amide bonds. The zero-order valence-corrected chi connectivity index (χ0v) is 16.2. The van der Waals surface area contributed by atoms with Crippen LogP contribution in [0.5, 0.6) is 5.75 Å². The summed E-state index contributed by atoms with van der Waals surface area (Å²) in [6.45, 7) is -0.117. The molecule has 0 radical (unpaired) electrons. The average Bonchev–Trinajstić information content (AvgIpc) is 3.20. The highest BCUT2D eigenvalue weighted by atomic mass is 32.1. The van der Waals surface area contributed by atoms with Crippen molar-refractivity contribution in [3.8, 4) is 16.3 Å². The van der Waals surface area contributed by atoms with E-state index in [2.05, 4.69) is 10.3 Å². The van der Waals surface area contributed by atoms with Gasteiger partial charge in [0.05, 0.1) is 24.8 Å². The summed E-state index contributed by atoms with van der Waals surface area (Å²) in [6, 6.07) is 16.9. The summed E-state index contributed by atoms with van der Waals surface area (Å²) in [6.07, 6.45) is 0.225. The van der Waals surface area contributed by atoms with Gasteiger partial charge in [-0.1, -0.05) is 42.5 Å². The predicted molar refractivity (Wildman–Crippen MR) is 107 cm³/mol. The van der Waals surface area contributed by atoms with E-state index in [-0.39, 0.29) is 25.5 Å². The Morgan fingerprint density at radius 2 is 1.82 bits per heavy atom. The number of rotatable bonds is 8. The molecule has 1 N–H and O–H groups in total. The van der Waals surface area contributed by atoms with Crippen molar-refractivity contribution in [2.75, 3.05) is 13.7 Å². The molecule has 28 heavy (non-hydrogen) atoms. The van der Waals surface area contributed by atoms with Crippen LogP contribution in [-0.2, 0) is 27.4 Å². The fraction of sp³-hybridized carbons (Fsp3) is 0.190. The molecule has 0 aliphatic rings. The Morgan fingerprint density at radius 1 is 1.07 bits per heavy atom. The summed E-state index contributed by atoms with van der Waals surface area (Å²) >= 11 is 1.45. The Hall–Kier alpha value is -3.19. The maximum Gasteiger partial charge on any atom is 0.325 e. The SMILES string of the molecule is COc1ccccc1-c1nc(COC(=O)CNC(=O)Cc2ccccc2)cs1. The normalized spacial score (nSPS) is 10.3. The first-order chi connectivity index (χ1) is 13.7. The van der Waals surface area contributed by atoms with E-state index in [1.165, 1.54) is 11.3 Å². The lowest BCUT2D eigenvalue weighted by Crippen LogP contribution is -2.31. The third-order valence-electron chi connectivity index (χ3n) is 3.91. The molecule has 1 heterocycles. The molecule has 0 spiro atoms. The standard InChI is InChI=1S/C21H20N2O4S/c1-26-18-10-6-5-9-17(18)21-23-16(14-28-21)13-27-20(25)12-22-19(24)11-15-7-3-2-4-8-15/h2-10,14H,11-13H2,1H3,(H,22,24). The van der Waals surface area contributed by atoms with Crippen LogP contribution in [0.3, 0.4) is 0 Å². The molecule has 0 fully saturated rings. The summed E-state index contributed by atoms with van der Waals surface area (Å²) < 4.78 is 10.5. The number of amides is 1. The molecule has 0 unspecified atom stereocenters. The maximum absolute atomic E-state index is 11.9. The molecule has 0 saturated heterocycles. The largest absolute Gasteiger partial charge is 0.496 e. The van der Waals surface area contributed by atoms with Crippen molar-refractivity contribution in [1.82, 2.24) is 10.3 Å². The molecular weight excluding hydrogens is 376 g/mol. The van der Waals surface area contributed by atoms with E-state index >= 15 is 0 Å². The summed E-state index contributed by atoms with van der Waals surface area (Å²) in [5.74, 6) is 0.00467. The number of nitrogens with one attached hydrogen (secondary N) is 1. The van der Waals surface area contributed by atoms with Crippen molar-refractivity contribution >= 4 is 23.2 Å². The van der Waals surface area contributed by atoms with Crippen LogP contribution in [0.25, 0.3) is 10.6 Å². The van der Waals surface area contributed by atoms with Gasteiger partial charge in [0.1, 0.15) is 23.9 Å². The van der Waals surface area contributed by atoms with Crippen LogP contribution in [0, 0.1) is 0 Å². The van der Waals surface area contributed by atoms with E-state index in [9.17, 15) is 9.59 Å². The fourth-order valence-electron chi connectivity index (χ4n) is 2.54. The Bertz CT molecular complexity index is 940. The van der Waals surface area contributed by atoms with Crippen molar-refractivity contribution in [2.24, 2.45) is 0 Å². The minimum absolute atomic E-state index is 0.0546. The van der Waals surface area contributed by atoms with Crippen molar-refractivity contribution in [3.63, 3.8) is 0 Å². The van der Waals surface area contributed by atoms with Crippen molar-refractivity contribution in [3.05, 3.63) is 71.2 Å². The van der Waals surface area contributed by atoms with Crippen molar-refractivity contribution < 1.29 is 19.1 Å². The number of hydrogen-bond donors (Lipinski definition) is 1. The molecule has 6 nitrogen and oxygen atoms in total. The Kier molecular flexibility index (Phi) is 6.75. The molecule has 7 heteroatoms. The summed E-state index contributed by atoms with van der Waals surface area (Å²) in [7, 11) is 1.61. The van der Waals surface area contributed by atoms with Crippen LogP contribution in [0.2, 0.25) is 0 Å². The number of thiazole rings is 1. The van der Waals surface area contributed by atoms with Gasteiger partial charge >= 0.3 is 5.97 Å². The number of para-hydroxylation sites is 1. The molecule has 0 bridgehead atoms. The van der Waals surface area contributed by atoms with E-state index in [0.717, 1.165) is 21.9 Å². The second-order valence-corrected chi connectivity index (χ2v) is 6.80. The molecule has 0 atom stereocenters. The minimum atomic E-state index is -0.506. The Morgan fingerprint density at radius 3 is 2.61 bits per heavy atom. The topological polar surface area (TPSA) is 77.5 Å². The fourth-order valence-corrected chi connectivity index (χ4v) is 3.37. The minimum Gasteiger partial charge on any atom is -0.496 e. The van der Waals surface area contributed by atoms with E-state index in [1.54, 1.807) is 7.11 Å². The first-order valence-corrected chi connectivity index (χ1v) is 9.57. The second kappa shape index (κ2) is 9.66. The molecule has 1 aromatic heterocycles. The van der Waals surface area contributed by atoms with Gasteiger partial charge in [-0.15, -0.1) is 11.3 Å². The summed E-state index contributed by atoms with van der Waals surface area (Å²) in [5.41, 5.74) is 2.43. The smallest absolute Gasteiger partial charge is 0.325 e. The number of benzene rings is 2. The summed E-state index contributed by atoms with van der Waals surface area (Å²) in [5, 5.41) is 5.19. The number of methoxy groups -OCH3 is 1. The van der Waals surface area contributed by atoms with Crippen LogP contribution in [0.4, 0.5) is 0 Å². The van der Waals surface area contributed by atoms with Crippen molar-refractivity contribution in [1.29, 1.82) is 0 Å². The van der Waals surface area contributed by atoms with Gasteiger partial charge in [0.15, 0.2) is 0 Å². The molecule has 0 aliphatic carbocycles. The molecule has 3 aromatic rings. The van der Waals surface area contributed by atoms with Gasteiger partial charge in [-0.2, -0.15) is 0 Å². The lowest BCUT2D eigenvalue weighted by atomic mass is 10.1. The van der Waals surface area contributed by atoms with Gasteiger partial charge in [-0.05, 0) is 17.7 Å². The van der Waals surface area contributed by atoms with E-state index in [1.807, 2.05) is 60.0 Å². The number of carbonyl (C=O) groups is 2. The van der Waals surface area contributed by atoms with Gasteiger partial charge in [0.25, 0.3) is 0 Å². The Labute approximate surface area is 167 Å². The molecule has 3 rings (SSSR count). The van der Waals surface area contributed by atoms with E-state index in [4.69, 9.17) is 9.47 Å². The highest BCUT2D eigenvalue weighted by Gasteiger charge is 2.12. The monoisotopic (exact) mass is 396 g/mol. The highest BCUT2D eigenvalue weighted by molar-refractivity contribution is 7.13. The maximum atomic E-state index is 11.9. The van der Waals surface area contributed by atoms with Crippen LogP contribution in [-0.4, -0.2) is 30.5 Å². The predicted octanol–water partition coefficient (Wildman–Crippen LogP) is 3.22. The van der Waals surface area contributed by atoms with Crippen molar-refractivity contribution in [2.45, 2.75) is 13.0 Å². The first kappa shape index (κ1) is 19.6. The number of esters is 1. The van der Waals surface area contributed by atoms with Crippen LogP contribution < -0.4 is 10.1 Å². The number of ether oxygens (including phenoxy) is 2. The zero-order valence-electron chi connectivity index (χ0n) is 15.4. The molecule has 0 aliphatic heterocycles. The van der Waals surface area contributed by atoms with Crippen LogP contribution >= 0.6 is 11.3 Å². The van der Waals surface area contributed by atoms with Crippen LogP contribution in [0.1, 0.15) is 11.3 Å².